The first-order valence-electron chi connectivity index (χ1n) is 9.64. The summed E-state index contributed by atoms with van der Waals surface area (Å²) in [7, 11) is 0. The lowest BCUT2D eigenvalue weighted by Crippen LogP contribution is -2.36. The molecule has 0 saturated carbocycles. The minimum Gasteiger partial charge on any atom is -0.492 e. The Labute approximate surface area is 174 Å². The molecule has 29 heavy (non-hydrogen) atoms. The van der Waals surface area contributed by atoms with Gasteiger partial charge >= 0.3 is 0 Å². The van der Waals surface area contributed by atoms with E-state index >= 15 is 0 Å². The van der Waals surface area contributed by atoms with Crippen LogP contribution < -0.4 is 15.0 Å². The zero-order valence-corrected chi connectivity index (χ0v) is 16.9. The summed E-state index contributed by atoms with van der Waals surface area (Å²) in [6, 6.07) is 17.5. The predicted molar refractivity (Wildman–Crippen MR) is 115 cm³/mol. The number of benzene rings is 1. The van der Waals surface area contributed by atoms with E-state index in [0.29, 0.717) is 18.0 Å². The van der Waals surface area contributed by atoms with Crippen LogP contribution in [0.15, 0.2) is 60.8 Å². The number of aromatic nitrogens is 1. The zero-order valence-electron chi connectivity index (χ0n) is 16.0. The van der Waals surface area contributed by atoms with Crippen molar-refractivity contribution in [3.63, 3.8) is 0 Å². The Hall–Kier alpha value is -2.90. The van der Waals surface area contributed by atoms with E-state index in [1.165, 1.54) is 11.3 Å². The quantitative estimate of drug-likeness (QED) is 0.606. The number of amides is 1. The Morgan fingerprint density at radius 3 is 2.69 bits per heavy atom. The molecule has 0 unspecified atom stereocenters. The maximum Gasteiger partial charge on any atom is 0.261 e. The summed E-state index contributed by atoms with van der Waals surface area (Å²) < 4.78 is 11.0. The fourth-order valence-electron chi connectivity index (χ4n) is 3.06. The Kier molecular flexibility index (Phi) is 6.38. The predicted octanol–water partition coefficient (Wildman–Crippen LogP) is 3.46. The molecule has 150 valence electrons. The molecule has 0 aliphatic carbocycles. The van der Waals surface area contributed by atoms with Gasteiger partial charge in [0.15, 0.2) is 0 Å². The molecule has 1 saturated heterocycles. The van der Waals surface area contributed by atoms with Gasteiger partial charge in [-0.1, -0.05) is 18.2 Å². The van der Waals surface area contributed by atoms with Crippen molar-refractivity contribution in [1.29, 1.82) is 0 Å². The first-order chi connectivity index (χ1) is 14.3. The molecular formula is C22H23N3O3S. The number of anilines is 1. The van der Waals surface area contributed by atoms with Gasteiger partial charge in [-0.3, -0.25) is 4.79 Å². The van der Waals surface area contributed by atoms with E-state index < -0.39 is 0 Å². The molecule has 1 amide bonds. The number of ether oxygens (including phenoxy) is 2. The highest BCUT2D eigenvalue weighted by molar-refractivity contribution is 7.17. The molecule has 0 radical (unpaired) electrons. The number of hydrogen-bond acceptors (Lipinski definition) is 6. The normalized spacial score (nSPS) is 13.9. The van der Waals surface area contributed by atoms with E-state index in [9.17, 15) is 4.79 Å². The minimum absolute atomic E-state index is 0.0872. The molecule has 1 fully saturated rings. The summed E-state index contributed by atoms with van der Waals surface area (Å²) in [6.07, 6.45) is 1.87. The van der Waals surface area contributed by atoms with Gasteiger partial charge in [-0.25, -0.2) is 4.98 Å². The first kappa shape index (κ1) is 19.4. The van der Waals surface area contributed by atoms with Gasteiger partial charge in [0.25, 0.3) is 5.91 Å². The molecule has 0 bridgehead atoms. The molecule has 1 aliphatic heterocycles. The van der Waals surface area contributed by atoms with Crippen molar-refractivity contribution in [2.45, 2.75) is 0 Å². The number of nitrogens with one attached hydrogen (secondary N) is 1. The van der Waals surface area contributed by atoms with Gasteiger partial charge in [0, 0.05) is 29.7 Å². The first-order valence-corrected chi connectivity index (χ1v) is 10.5. The molecule has 0 spiro atoms. The van der Waals surface area contributed by atoms with Gasteiger partial charge < -0.3 is 19.7 Å². The number of para-hydroxylation sites is 1. The summed E-state index contributed by atoms with van der Waals surface area (Å²) in [6.45, 7) is 4.09. The fraction of sp³-hybridized carbons (Fsp3) is 0.273. The minimum atomic E-state index is -0.0872. The third-order valence-electron chi connectivity index (χ3n) is 4.60. The smallest absolute Gasteiger partial charge is 0.261 e. The number of carbonyl (C=O) groups is 1. The Morgan fingerprint density at radius 1 is 1.10 bits per heavy atom. The van der Waals surface area contributed by atoms with Crippen molar-refractivity contribution in [3.05, 3.63) is 65.7 Å². The van der Waals surface area contributed by atoms with Crippen molar-refractivity contribution in [2.75, 3.05) is 44.4 Å². The van der Waals surface area contributed by atoms with Crippen LogP contribution >= 0.6 is 11.3 Å². The lowest BCUT2D eigenvalue weighted by molar-refractivity contribution is 0.0951. The molecule has 2 aromatic heterocycles. The number of thiophene rings is 1. The number of hydrogen-bond donors (Lipinski definition) is 1. The molecule has 4 rings (SSSR count). The number of carbonyl (C=O) groups excluding carboxylic acids is 1. The maximum absolute atomic E-state index is 12.4. The lowest BCUT2D eigenvalue weighted by Gasteiger charge is -2.27. The van der Waals surface area contributed by atoms with Crippen LogP contribution in [-0.4, -0.2) is 50.3 Å². The monoisotopic (exact) mass is 409 g/mol. The summed E-state index contributed by atoms with van der Waals surface area (Å²) in [5, 5.41) is 2.90. The second-order valence-electron chi connectivity index (χ2n) is 6.59. The molecule has 3 heterocycles. The summed E-state index contributed by atoms with van der Waals surface area (Å²) in [4.78, 5) is 20.9. The van der Waals surface area contributed by atoms with Crippen molar-refractivity contribution in [1.82, 2.24) is 10.3 Å². The molecule has 1 aliphatic rings. The average molecular weight is 410 g/mol. The van der Waals surface area contributed by atoms with Crippen molar-refractivity contribution < 1.29 is 14.3 Å². The van der Waals surface area contributed by atoms with Crippen LogP contribution in [0.1, 0.15) is 9.67 Å². The van der Waals surface area contributed by atoms with Crippen molar-refractivity contribution in [3.8, 4) is 16.2 Å². The van der Waals surface area contributed by atoms with Crippen LogP contribution in [0.25, 0.3) is 10.4 Å². The van der Waals surface area contributed by atoms with Gasteiger partial charge in [-0.15, -0.1) is 11.3 Å². The van der Waals surface area contributed by atoms with E-state index in [0.717, 1.165) is 48.3 Å². The molecule has 1 N–H and O–H groups in total. The van der Waals surface area contributed by atoms with E-state index in [1.807, 2.05) is 54.7 Å². The number of nitrogens with zero attached hydrogens (tertiary/aromatic N) is 2. The molecule has 3 aromatic rings. The Morgan fingerprint density at radius 2 is 1.93 bits per heavy atom. The molecular weight excluding hydrogens is 386 g/mol. The summed E-state index contributed by atoms with van der Waals surface area (Å²) in [5.74, 6) is 1.67. The SMILES string of the molecule is O=C(NCCOc1ccccc1)c1ccc(-c2ccc(N3CCOCC3)nc2)s1. The second kappa shape index (κ2) is 9.54. The van der Waals surface area contributed by atoms with Crippen LogP contribution in [0.5, 0.6) is 5.75 Å². The standard InChI is InChI=1S/C22H23N3O3S/c26-22(23-10-13-28-18-4-2-1-3-5-18)20-8-7-19(29-20)17-6-9-21(24-16-17)25-11-14-27-15-12-25/h1-9,16H,10-15H2,(H,23,26). The number of rotatable bonds is 7. The molecule has 1 aromatic carbocycles. The highest BCUT2D eigenvalue weighted by Gasteiger charge is 2.14. The second-order valence-corrected chi connectivity index (χ2v) is 7.67. The third-order valence-corrected chi connectivity index (χ3v) is 5.73. The number of pyridine rings is 1. The Balaban J connectivity index is 1.29. The Bertz CT molecular complexity index is 922. The van der Waals surface area contributed by atoms with Gasteiger partial charge in [-0.2, -0.15) is 0 Å². The fourth-order valence-corrected chi connectivity index (χ4v) is 3.98. The van der Waals surface area contributed by atoms with Crippen molar-refractivity contribution in [2.24, 2.45) is 0 Å². The maximum atomic E-state index is 12.4. The summed E-state index contributed by atoms with van der Waals surface area (Å²) >= 11 is 1.46. The molecule has 0 atom stereocenters. The number of morpholine rings is 1. The van der Waals surface area contributed by atoms with Gasteiger partial charge in [0.1, 0.15) is 18.2 Å². The van der Waals surface area contributed by atoms with E-state index in [2.05, 4.69) is 21.3 Å². The van der Waals surface area contributed by atoms with Crippen LogP contribution in [0.4, 0.5) is 5.82 Å². The highest BCUT2D eigenvalue weighted by atomic mass is 32.1. The van der Waals surface area contributed by atoms with E-state index in [1.54, 1.807) is 0 Å². The van der Waals surface area contributed by atoms with E-state index in [4.69, 9.17) is 9.47 Å². The lowest BCUT2D eigenvalue weighted by atomic mass is 10.2. The zero-order chi connectivity index (χ0) is 19.9. The van der Waals surface area contributed by atoms with Crippen LogP contribution in [-0.2, 0) is 4.74 Å². The van der Waals surface area contributed by atoms with Gasteiger partial charge in [0.05, 0.1) is 24.6 Å². The van der Waals surface area contributed by atoms with Crippen LogP contribution in [0.3, 0.4) is 0 Å². The average Bonchev–Trinajstić information content (AvgIpc) is 3.29. The van der Waals surface area contributed by atoms with Crippen LogP contribution in [0.2, 0.25) is 0 Å². The topological polar surface area (TPSA) is 63.7 Å². The van der Waals surface area contributed by atoms with E-state index in [-0.39, 0.29) is 5.91 Å². The highest BCUT2D eigenvalue weighted by Crippen LogP contribution is 2.28. The molecule has 7 heteroatoms. The summed E-state index contributed by atoms with van der Waals surface area (Å²) in [5.41, 5.74) is 1.01. The third kappa shape index (κ3) is 5.13. The largest absolute Gasteiger partial charge is 0.492 e. The molecule has 6 nitrogen and oxygen atoms in total. The van der Waals surface area contributed by atoms with Crippen LogP contribution in [0, 0.1) is 0 Å². The van der Waals surface area contributed by atoms with Gasteiger partial charge in [-0.05, 0) is 36.4 Å². The van der Waals surface area contributed by atoms with Gasteiger partial charge in [0.2, 0.25) is 0 Å². The van der Waals surface area contributed by atoms with Crippen molar-refractivity contribution >= 4 is 23.1 Å².